The number of aliphatic hydroxyl groups excluding tert-OH is 1. The van der Waals surface area contributed by atoms with Crippen LogP contribution in [-0.2, 0) is 24.0 Å². The number of halogens is 1. The van der Waals surface area contributed by atoms with E-state index in [-0.39, 0.29) is 35.2 Å². The van der Waals surface area contributed by atoms with Gasteiger partial charge in [0.05, 0.1) is 26.0 Å². The number of hydrogen-bond donors (Lipinski definition) is 4. The van der Waals surface area contributed by atoms with Gasteiger partial charge in [-0.25, -0.2) is 9.55 Å². The second-order valence-corrected chi connectivity index (χ2v) is 15.7. The number of aliphatic hydroxyl groups is 1. The largest absolute Gasteiger partial charge is 0.527 e. The number of hydrogen-bond acceptors (Lipinski definition) is 11. The first-order valence-electron chi connectivity index (χ1n) is 18.2. The van der Waals surface area contributed by atoms with Gasteiger partial charge in [0.25, 0.3) is 5.56 Å². The van der Waals surface area contributed by atoms with Crippen LogP contribution in [0.4, 0.5) is 5.95 Å². The third-order valence-electron chi connectivity index (χ3n) is 10.0. The average molecular weight is 830 g/mol. The van der Waals surface area contributed by atoms with Crippen molar-refractivity contribution in [3.05, 3.63) is 142 Å². The fourth-order valence-electron chi connectivity index (χ4n) is 7.16. The Bertz CT molecular complexity index is 2430. The number of anilines is 1. The molecule has 58 heavy (non-hydrogen) atoms. The number of aromatic amines is 1. The van der Waals surface area contributed by atoms with Crippen molar-refractivity contribution in [2.45, 2.75) is 50.2 Å². The highest BCUT2D eigenvalue weighted by Crippen LogP contribution is 2.52. The molecule has 0 aliphatic carbocycles. The molecule has 2 unspecified atom stereocenters. The number of phosphoric ester groups is 1. The van der Waals surface area contributed by atoms with Crippen molar-refractivity contribution >= 4 is 42.4 Å². The summed E-state index contributed by atoms with van der Waals surface area (Å²) < 4.78 is 44.4. The van der Waals surface area contributed by atoms with Crippen molar-refractivity contribution in [3.8, 4) is 17.2 Å². The normalized spacial score (nSPS) is 18.4. The van der Waals surface area contributed by atoms with Crippen LogP contribution in [-0.4, -0.2) is 68.0 Å². The molecule has 15 nitrogen and oxygen atoms in total. The number of nitrogens with one attached hydrogen (secondary N) is 2. The van der Waals surface area contributed by atoms with E-state index >= 15 is 0 Å². The number of aromatic nitrogens is 4. The van der Waals surface area contributed by atoms with Crippen molar-refractivity contribution in [2.75, 3.05) is 19.5 Å². The maximum atomic E-state index is 13.8. The number of phosphoric acid groups is 1. The summed E-state index contributed by atoms with van der Waals surface area (Å²) in [7, 11) is -1.85. The number of methoxy groups -OCH3 is 2. The van der Waals surface area contributed by atoms with Crippen LogP contribution in [0.2, 0.25) is 5.02 Å². The van der Waals surface area contributed by atoms with E-state index in [2.05, 4.69) is 20.3 Å². The van der Waals surface area contributed by atoms with Gasteiger partial charge >= 0.3 is 7.82 Å². The van der Waals surface area contributed by atoms with E-state index in [4.69, 9.17) is 34.9 Å². The summed E-state index contributed by atoms with van der Waals surface area (Å²) >= 11 is 6.04. The second-order valence-electron chi connectivity index (χ2n) is 13.9. The molecular formula is C41H41ClN5O10P. The van der Waals surface area contributed by atoms with Gasteiger partial charge in [-0.2, -0.15) is 4.98 Å². The van der Waals surface area contributed by atoms with Gasteiger partial charge in [-0.15, -0.1) is 0 Å². The number of benzene rings is 4. The van der Waals surface area contributed by atoms with Gasteiger partial charge in [0.2, 0.25) is 11.9 Å². The number of nitrogens with zero attached hydrogens (tertiary/aromatic N) is 3. The van der Waals surface area contributed by atoms with Crippen molar-refractivity contribution in [2.24, 2.45) is 5.92 Å². The lowest BCUT2D eigenvalue weighted by Gasteiger charge is -2.43. The Labute approximate surface area is 338 Å². The molecule has 17 heteroatoms. The fourth-order valence-corrected chi connectivity index (χ4v) is 8.27. The molecule has 5 atom stereocenters. The van der Waals surface area contributed by atoms with Gasteiger partial charge in [0.1, 0.15) is 41.8 Å². The molecule has 0 saturated carbocycles. The third kappa shape index (κ3) is 8.10. The molecule has 6 aromatic rings. The van der Waals surface area contributed by atoms with Crippen LogP contribution >= 0.6 is 19.4 Å². The third-order valence-corrected chi connectivity index (χ3v) is 11.2. The number of rotatable bonds is 14. The average Bonchev–Trinajstić information content (AvgIpc) is 3.84. The summed E-state index contributed by atoms with van der Waals surface area (Å²) in [6, 6.07) is 29.5. The molecule has 1 aliphatic heterocycles. The molecule has 0 bridgehead atoms. The molecule has 1 saturated heterocycles. The summed E-state index contributed by atoms with van der Waals surface area (Å²) in [5.41, 5.74) is -0.159. The zero-order valence-electron chi connectivity index (χ0n) is 31.8. The second kappa shape index (κ2) is 16.7. The molecule has 0 radical (unpaired) electrons. The summed E-state index contributed by atoms with van der Waals surface area (Å²) in [5.74, 6) is 0.266. The highest BCUT2D eigenvalue weighted by Gasteiger charge is 2.54. The number of H-pyrrole nitrogens is 1. The highest BCUT2D eigenvalue weighted by molar-refractivity contribution is 7.47. The molecule has 7 rings (SSSR count). The maximum Gasteiger partial charge on any atom is 0.527 e. The fraction of sp³-hybridized carbons (Fsp3) is 0.268. The summed E-state index contributed by atoms with van der Waals surface area (Å²) in [6.45, 7) is 3.39. The van der Waals surface area contributed by atoms with Gasteiger partial charge in [0.15, 0.2) is 11.2 Å². The number of amides is 1. The SMILES string of the molecule is COc1ccc(C(c2ccccc2)(c2ccc(OC)cc2)C(O)[C@H]2O[C@@H](n3cnc4c(=O)[nH]c(NC(=O)C(C)C)nc43)C[C@@H]2OP(=O)(O)Oc2ccc(Cl)cc2)cc1. The molecule has 4 N–H and O–H groups in total. The van der Waals surface area contributed by atoms with Crippen molar-refractivity contribution in [3.63, 3.8) is 0 Å². The Morgan fingerprint density at radius 3 is 2.07 bits per heavy atom. The van der Waals surface area contributed by atoms with E-state index in [0.717, 1.165) is 0 Å². The summed E-state index contributed by atoms with van der Waals surface area (Å²) in [5, 5.41) is 16.2. The quantitative estimate of drug-likeness (QED) is 0.0677. The Morgan fingerprint density at radius 2 is 1.50 bits per heavy atom. The van der Waals surface area contributed by atoms with Crippen LogP contribution in [0.5, 0.6) is 17.2 Å². The summed E-state index contributed by atoms with van der Waals surface area (Å²) in [4.78, 5) is 48.2. The maximum absolute atomic E-state index is 13.8. The van der Waals surface area contributed by atoms with E-state index in [9.17, 15) is 24.2 Å². The molecular weight excluding hydrogens is 789 g/mol. The van der Waals surface area contributed by atoms with E-state index in [1.165, 1.54) is 35.2 Å². The molecule has 302 valence electrons. The summed E-state index contributed by atoms with van der Waals surface area (Å²) in [6.07, 6.45) is -4.16. The number of imidazole rings is 1. The minimum Gasteiger partial charge on any atom is -0.497 e. The zero-order valence-corrected chi connectivity index (χ0v) is 33.5. The topological polar surface area (TPSA) is 196 Å². The molecule has 1 amide bonds. The van der Waals surface area contributed by atoms with Gasteiger partial charge in [-0.1, -0.05) is 80.0 Å². The Balaban J connectivity index is 1.38. The molecule has 4 aromatic carbocycles. The Hall–Kier alpha value is -5.54. The predicted octanol–water partition coefficient (Wildman–Crippen LogP) is 6.63. The van der Waals surface area contributed by atoms with Crippen LogP contribution in [0.15, 0.2) is 114 Å². The number of ether oxygens (including phenoxy) is 3. The van der Waals surface area contributed by atoms with Crippen LogP contribution in [0.3, 0.4) is 0 Å². The lowest BCUT2D eigenvalue weighted by molar-refractivity contribution is -0.118. The van der Waals surface area contributed by atoms with Crippen LogP contribution in [0, 0.1) is 5.92 Å². The van der Waals surface area contributed by atoms with Gasteiger partial charge in [0, 0.05) is 17.4 Å². The molecule has 0 spiro atoms. The minimum absolute atomic E-state index is 0.0119. The lowest BCUT2D eigenvalue weighted by Crippen LogP contribution is -2.51. The van der Waals surface area contributed by atoms with E-state index in [1.807, 2.05) is 54.6 Å². The van der Waals surface area contributed by atoms with Gasteiger partial charge < -0.3 is 23.8 Å². The monoisotopic (exact) mass is 829 g/mol. The molecule has 1 aliphatic rings. The first kappa shape index (κ1) is 40.6. The predicted molar refractivity (Wildman–Crippen MR) is 215 cm³/mol. The van der Waals surface area contributed by atoms with Gasteiger partial charge in [-0.05, 0) is 65.2 Å². The number of carbonyl (C=O) groups is 1. The van der Waals surface area contributed by atoms with Crippen molar-refractivity contribution < 1.29 is 42.6 Å². The molecule has 1 fully saturated rings. The smallest absolute Gasteiger partial charge is 0.497 e. The zero-order chi connectivity index (χ0) is 41.2. The first-order chi connectivity index (χ1) is 27.8. The minimum atomic E-state index is -4.95. The van der Waals surface area contributed by atoms with Gasteiger partial charge in [-0.3, -0.25) is 33.9 Å². The highest BCUT2D eigenvalue weighted by atomic mass is 35.5. The van der Waals surface area contributed by atoms with E-state index in [0.29, 0.717) is 33.2 Å². The van der Waals surface area contributed by atoms with Crippen LogP contribution in [0.1, 0.15) is 43.2 Å². The van der Waals surface area contributed by atoms with E-state index < -0.39 is 49.3 Å². The Kier molecular flexibility index (Phi) is 11.7. The van der Waals surface area contributed by atoms with Crippen LogP contribution < -0.4 is 24.9 Å². The van der Waals surface area contributed by atoms with Crippen LogP contribution in [0.25, 0.3) is 11.2 Å². The van der Waals surface area contributed by atoms with Crippen molar-refractivity contribution in [1.29, 1.82) is 0 Å². The molecule has 2 aromatic heterocycles. The number of fused-ring (bicyclic) bond motifs is 1. The molecule has 3 heterocycles. The lowest BCUT2D eigenvalue weighted by atomic mass is 9.64. The van der Waals surface area contributed by atoms with Crippen molar-refractivity contribution in [1.82, 2.24) is 19.5 Å². The first-order valence-corrected chi connectivity index (χ1v) is 20.1. The Morgan fingerprint density at radius 1 is 0.931 bits per heavy atom. The number of carbonyl (C=O) groups excluding carboxylic acids is 1. The van der Waals surface area contributed by atoms with E-state index in [1.54, 1.807) is 52.3 Å². The standard InChI is InChI=1S/C41H41ClN5O10P/c1-24(2)38(49)45-40-44-37-34(39(50)46-40)43-23-47(37)33-22-32(57-58(51,52)56-31-20-14-28(42)15-21-31)35(55-33)36(48)41(25-8-6-5-7-9-25,26-10-16-29(53-3)17-11-26)27-12-18-30(54-4)19-13-27/h5-21,23-24,32-33,35-36,48H,22H2,1-4H3,(H,51,52)(H2,44,45,46,49,50)/t32-,33+,35-,36?/m0/s1.